The third-order valence-electron chi connectivity index (χ3n) is 5.57. The fourth-order valence-corrected chi connectivity index (χ4v) is 5.78. The zero-order valence-corrected chi connectivity index (χ0v) is 10.8. The molecule has 3 saturated carbocycles. The van der Waals surface area contributed by atoms with Crippen molar-refractivity contribution in [3.63, 3.8) is 0 Å². The molecule has 92 valence electrons. The van der Waals surface area contributed by atoms with Gasteiger partial charge in [0, 0.05) is 17.5 Å². The van der Waals surface area contributed by atoms with E-state index >= 15 is 0 Å². The van der Waals surface area contributed by atoms with Gasteiger partial charge >= 0.3 is 0 Å². The van der Waals surface area contributed by atoms with Crippen molar-refractivity contribution < 1.29 is 5.11 Å². The molecule has 1 heterocycles. The van der Waals surface area contributed by atoms with Gasteiger partial charge in [0.05, 0.1) is 11.1 Å². The summed E-state index contributed by atoms with van der Waals surface area (Å²) >= 11 is 1.69. The lowest BCUT2D eigenvalue weighted by Gasteiger charge is -2.38. The van der Waals surface area contributed by atoms with E-state index in [1.165, 1.54) is 30.6 Å². The molecule has 1 N–H and O–H groups in total. The molecule has 3 fully saturated rings. The molecule has 2 nitrogen and oxygen atoms in total. The molecule has 2 bridgehead atoms. The molecule has 0 amide bonds. The average Bonchev–Trinajstić information content (AvgIpc) is 2.96. The van der Waals surface area contributed by atoms with Crippen molar-refractivity contribution in [2.75, 3.05) is 0 Å². The van der Waals surface area contributed by atoms with Crippen LogP contribution < -0.4 is 0 Å². The Morgan fingerprint density at radius 1 is 1.41 bits per heavy atom. The first-order valence-electron chi connectivity index (χ1n) is 6.86. The fraction of sp³-hybridized carbons (Fsp3) is 0.786. The van der Waals surface area contributed by atoms with Gasteiger partial charge in [-0.3, -0.25) is 4.98 Å². The highest BCUT2D eigenvalue weighted by atomic mass is 32.1. The van der Waals surface area contributed by atoms with E-state index in [2.05, 4.69) is 4.98 Å². The summed E-state index contributed by atoms with van der Waals surface area (Å²) in [5.74, 6) is 3.21. The van der Waals surface area contributed by atoms with Crippen molar-refractivity contribution in [1.29, 1.82) is 0 Å². The summed E-state index contributed by atoms with van der Waals surface area (Å²) in [6, 6.07) is 0. The summed E-state index contributed by atoms with van der Waals surface area (Å²) in [5, 5.41) is 11.0. The Hall–Kier alpha value is -0.410. The van der Waals surface area contributed by atoms with Crippen molar-refractivity contribution >= 4 is 11.3 Å². The molecule has 0 aliphatic heterocycles. The van der Waals surface area contributed by atoms with Crippen LogP contribution in [0.4, 0.5) is 0 Å². The molecule has 0 radical (unpaired) electrons. The van der Waals surface area contributed by atoms with Gasteiger partial charge in [0.25, 0.3) is 0 Å². The molecule has 17 heavy (non-hydrogen) atoms. The molecule has 1 aromatic rings. The number of hydrogen-bond acceptors (Lipinski definition) is 3. The highest BCUT2D eigenvalue weighted by Gasteiger charge is 2.60. The lowest BCUT2D eigenvalue weighted by molar-refractivity contribution is -0.0445. The summed E-state index contributed by atoms with van der Waals surface area (Å²) in [6.45, 7) is 0. The molecule has 1 aromatic heterocycles. The Bertz CT molecular complexity index is 418. The highest BCUT2D eigenvalue weighted by molar-refractivity contribution is 7.09. The van der Waals surface area contributed by atoms with Gasteiger partial charge < -0.3 is 5.11 Å². The second kappa shape index (κ2) is 3.55. The van der Waals surface area contributed by atoms with Gasteiger partial charge in [-0.1, -0.05) is 6.42 Å². The number of nitrogens with zero attached hydrogens (tertiary/aromatic N) is 1. The standard InChI is InChI=1S/C14H19NOS/c16-14(6-10-7-15-8-17-10)5-9-4-13(14)12-3-1-2-11(9)12/h7-9,11-13,16H,1-6H2. The van der Waals surface area contributed by atoms with Crippen LogP contribution in [0.1, 0.15) is 37.0 Å². The van der Waals surface area contributed by atoms with Gasteiger partial charge in [-0.15, -0.1) is 11.3 Å². The van der Waals surface area contributed by atoms with E-state index in [0.29, 0.717) is 5.92 Å². The lowest BCUT2D eigenvalue weighted by Crippen LogP contribution is -2.43. The second-order valence-electron chi connectivity index (χ2n) is 6.31. The van der Waals surface area contributed by atoms with E-state index in [4.69, 9.17) is 0 Å². The lowest BCUT2D eigenvalue weighted by atomic mass is 9.71. The Kier molecular flexibility index (Phi) is 2.19. The molecule has 5 atom stereocenters. The predicted molar refractivity (Wildman–Crippen MR) is 67.8 cm³/mol. The molecule has 0 saturated heterocycles. The van der Waals surface area contributed by atoms with Gasteiger partial charge in [0.15, 0.2) is 0 Å². The molecule has 3 aliphatic rings. The van der Waals surface area contributed by atoms with E-state index < -0.39 is 5.60 Å². The third kappa shape index (κ3) is 1.45. The maximum Gasteiger partial charge on any atom is 0.0794 e. The molecule has 5 unspecified atom stereocenters. The monoisotopic (exact) mass is 249 g/mol. The van der Waals surface area contributed by atoms with Crippen LogP contribution >= 0.6 is 11.3 Å². The van der Waals surface area contributed by atoms with E-state index in [-0.39, 0.29) is 0 Å². The van der Waals surface area contributed by atoms with Crippen molar-refractivity contribution in [2.24, 2.45) is 23.7 Å². The van der Waals surface area contributed by atoms with Crippen LogP contribution in [0.25, 0.3) is 0 Å². The summed E-state index contributed by atoms with van der Waals surface area (Å²) in [4.78, 5) is 5.39. The molecule has 0 aromatic carbocycles. The number of hydrogen-bond donors (Lipinski definition) is 1. The van der Waals surface area contributed by atoms with Gasteiger partial charge in [-0.05, 0) is 49.4 Å². The quantitative estimate of drug-likeness (QED) is 0.874. The molecule has 4 rings (SSSR count). The van der Waals surface area contributed by atoms with Crippen LogP contribution in [0, 0.1) is 23.7 Å². The Morgan fingerprint density at radius 3 is 3.12 bits per heavy atom. The maximum atomic E-state index is 11.0. The number of aliphatic hydroxyl groups is 1. The summed E-state index contributed by atoms with van der Waals surface area (Å²) < 4.78 is 0. The molecule has 3 heteroatoms. The Labute approximate surface area is 106 Å². The van der Waals surface area contributed by atoms with Gasteiger partial charge in [0.1, 0.15) is 0 Å². The minimum absolute atomic E-state index is 0.400. The van der Waals surface area contributed by atoms with Gasteiger partial charge in [-0.2, -0.15) is 0 Å². The minimum atomic E-state index is -0.400. The fourth-order valence-electron chi connectivity index (χ4n) is 5.07. The van der Waals surface area contributed by atoms with E-state index in [1.54, 1.807) is 11.3 Å². The number of fused-ring (bicyclic) bond motifs is 5. The van der Waals surface area contributed by atoms with E-state index in [1.807, 2.05) is 11.7 Å². The van der Waals surface area contributed by atoms with Crippen molar-refractivity contribution in [3.8, 4) is 0 Å². The number of rotatable bonds is 2. The molecular formula is C14H19NOS. The SMILES string of the molecule is OC1(Cc2cncs2)CC2CC1C1CCCC21. The summed E-state index contributed by atoms with van der Waals surface area (Å²) in [5.41, 5.74) is 1.48. The van der Waals surface area contributed by atoms with Gasteiger partial charge in [0.2, 0.25) is 0 Å². The first kappa shape index (κ1) is 10.5. The largest absolute Gasteiger partial charge is 0.389 e. The van der Waals surface area contributed by atoms with Gasteiger partial charge in [-0.25, -0.2) is 0 Å². The summed E-state index contributed by atoms with van der Waals surface area (Å²) in [7, 11) is 0. The Morgan fingerprint density at radius 2 is 2.29 bits per heavy atom. The van der Waals surface area contributed by atoms with Crippen LogP contribution in [0.3, 0.4) is 0 Å². The third-order valence-corrected chi connectivity index (χ3v) is 6.35. The molecular weight excluding hydrogens is 230 g/mol. The minimum Gasteiger partial charge on any atom is -0.389 e. The number of thiazole rings is 1. The van der Waals surface area contributed by atoms with Crippen LogP contribution in [0.5, 0.6) is 0 Å². The van der Waals surface area contributed by atoms with Crippen LogP contribution in [0.15, 0.2) is 11.7 Å². The zero-order valence-electron chi connectivity index (χ0n) is 10.0. The van der Waals surface area contributed by atoms with E-state index in [0.717, 1.165) is 30.6 Å². The maximum absolute atomic E-state index is 11.0. The van der Waals surface area contributed by atoms with Crippen molar-refractivity contribution in [2.45, 2.75) is 44.1 Å². The normalized spacial score (nSPS) is 47.6. The van der Waals surface area contributed by atoms with E-state index in [9.17, 15) is 5.11 Å². The molecule has 3 aliphatic carbocycles. The second-order valence-corrected chi connectivity index (χ2v) is 7.28. The molecule has 0 spiro atoms. The topological polar surface area (TPSA) is 33.1 Å². The van der Waals surface area contributed by atoms with Crippen LogP contribution in [-0.4, -0.2) is 15.7 Å². The van der Waals surface area contributed by atoms with Crippen LogP contribution in [0.2, 0.25) is 0 Å². The first-order valence-corrected chi connectivity index (χ1v) is 7.74. The average molecular weight is 249 g/mol. The van der Waals surface area contributed by atoms with Crippen LogP contribution in [-0.2, 0) is 6.42 Å². The highest BCUT2D eigenvalue weighted by Crippen LogP contribution is 2.62. The summed E-state index contributed by atoms with van der Waals surface area (Å²) in [6.07, 6.45) is 9.34. The zero-order chi connectivity index (χ0) is 11.5. The smallest absolute Gasteiger partial charge is 0.0794 e. The Balaban J connectivity index is 1.59. The first-order chi connectivity index (χ1) is 8.26. The van der Waals surface area contributed by atoms with Crippen molar-refractivity contribution in [1.82, 2.24) is 4.98 Å². The predicted octanol–water partition coefficient (Wildman–Crippen LogP) is 2.87. The number of aromatic nitrogens is 1. The van der Waals surface area contributed by atoms with Crippen molar-refractivity contribution in [3.05, 3.63) is 16.6 Å².